The topological polar surface area (TPSA) is 12.9 Å². The number of hydrogen-bond acceptors (Lipinski definition) is 1. The molecule has 1 heterocycles. The highest BCUT2D eigenvalue weighted by Gasteiger charge is 2.08. The minimum atomic E-state index is -0.309. The second-order valence-corrected chi connectivity index (χ2v) is 5.46. The lowest BCUT2D eigenvalue weighted by Crippen LogP contribution is -1.92. The molecule has 110 valence electrons. The van der Waals surface area contributed by atoms with Gasteiger partial charge in [-0.15, -0.1) is 0 Å². The van der Waals surface area contributed by atoms with Crippen LogP contribution in [0.25, 0.3) is 22.5 Å². The van der Waals surface area contributed by atoms with Gasteiger partial charge in [0.1, 0.15) is 11.6 Å². The van der Waals surface area contributed by atoms with Gasteiger partial charge in [0.25, 0.3) is 0 Å². The number of hydrogen-bond donors (Lipinski definition) is 0. The van der Waals surface area contributed by atoms with Crippen molar-refractivity contribution in [2.75, 3.05) is 0 Å². The zero-order valence-corrected chi connectivity index (χ0v) is 13.1. The van der Waals surface area contributed by atoms with Crippen LogP contribution in [-0.2, 0) is 5.33 Å². The number of pyridine rings is 1. The fraction of sp³-hybridized carbons (Fsp3) is 0.0556. The van der Waals surface area contributed by atoms with Crippen molar-refractivity contribution in [1.29, 1.82) is 0 Å². The van der Waals surface area contributed by atoms with Crippen LogP contribution in [-0.4, -0.2) is 4.98 Å². The van der Waals surface area contributed by atoms with Gasteiger partial charge < -0.3 is 0 Å². The number of alkyl halides is 1. The Morgan fingerprint density at radius 1 is 0.773 bits per heavy atom. The van der Waals surface area contributed by atoms with E-state index in [1.54, 1.807) is 24.3 Å². The molecular weight excluding hydrogens is 348 g/mol. The number of aromatic nitrogens is 1. The predicted molar refractivity (Wildman–Crippen MR) is 87.7 cm³/mol. The minimum absolute atomic E-state index is 0.309. The lowest BCUT2D eigenvalue weighted by atomic mass is 10.1. The van der Waals surface area contributed by atoms with Gasteiger partial charge in [-0.05, 0) is 42.0 Å². The van der Waals surface area contributed by atoms with E-state index in [0.29, 0.717) is 27.8 Å². The predicted octanol–water partition coefficient (Wildman–Crippen LogP) is 5.59. The summed E-state index contributed by atoms with van der Waals surface area (Å²) in [4.78, 5) is 4.55. The maximum absolute atomic E-state index is 13.4. The molecule has 1 aromatic heterocycles. The molecular formula is C18H12BrF2N. The van der Waals surface area contributed by atoms with Gasteiger partial charge in [0, 0.05) is 16.5 Å². The van der Waals surface area contributed by atoms with E-state index in [1.807, 2.05) is 12.1 Å². The van der Waals surface area contributed by atoms with Crippen LogP contribution >= 0.6 is 15.9 Å². The Bertz CT molecular complexity index is 754. The summed E-state index contributed by atoms with van der Waals surface area (Å²) in [7, 11) is 0. The highest BCUT2D eigenvalue weighted by Crippen LogP contribution is 2.26. The Labute approximate surface area is 135 Å². The first-order valence-corrected chi connectivity index (χ1v) is 7.86. The number of nitrogens with zero attached hydrogens (tertiary/aromatic N) is 1. The second-order valence-electron chi connectivity index (χ2n) is 4.90. The molecule has 0 saturated heterocycles. The maximum atomic E-state index is 13.4. The number of halogens is 3. The fourth-order valence-electron chi connectivity index (χ4n) is 2.26. The molecule has 0 N–H and O–H groups in total. The highest BCUT2D eigenvalue weighted by molar-refractivity contribution is 9.08. The van der Waals surface area contributed by atoms with Crippen LogP contribution in [0.3, 0.4) is 0 Å². The standard InChI is InChI=1S/C18H12BrF2N/c19-11-12-7-17(13-3-1-5-15(20)9-13)22-18(8-12)14-4-2-6-16(21)10-14/h1-10H,11H2. The van der Waals surface area contributed by atoms with Crippen LogP contribution in [0.1, 0.15) is 5.56 Å². The van der Waals surface area contributed by atoms with Crippen molar-refractivity contribution in [3.8, 4) is 22.5 Å². The van der Waals surface area contributed by atoms with Gasteiger partial charge in [-0.1, -0.05) is 40.2 Å². The molecule has 0 unspecified atom stereocenters. The van der Waals surface area contributed by atoms with E-state index in [9.17, 15) is 8.78 Å². The summed E-state index contributed by atoms with van der Waals surface area (Å²) in [6, 6.07) is 16.4. The third-order valence-electron chi connectivity index (χ3n) is 3.28. The molecule has 3 rings (SSSR count). The summed E-state index contributed by atoms with van der Waals surface area (Å²) in [6.45, 7) is 0. The summed E-state index contributed by atoms with van der Waals surface area (Å²) < 4.78 is 26.9. The Hall–Kier alpha value is -2.07. The summed E-state index contributed by atoms with van der Waals surface area (Å²) in [5.41, 5.74) is 3.71. The molecule has 0 amide bonds. The molecule has 2 aromatic carbocycles. The minimum Gasteiger partial charge on any atom is -0.248 e. The van der Waals surface area contributed by atoms with E-state index in [-0.39, 0.29) is 11.6 Å². The summed E-state index contributed by atoms with van der Waals surface area (Å²) in [6.07, 6.45) is 0. The Kier molecular flexibility index (Phi) is 4.29. The van der Waals surface area contributed by atoms with Gasteiger partial charge in [-0.25, -0.2) is 13.8 Å². The van der Waals surface area contributed by atoms with Crippen molar-refractivity contribution < 1.29 is 8.78 Å². The molecule has 22 heavy (non-hydrogen) atoms. The average molecular weight is 360 g/mol. The SMILES string of the molecule is Fc1cccc(-c2cc(CBr)cc(-c3cccc(F)c3)n2)c1. The molecule has 0 radical (unpaired) electrons. The second kappa shape index (κ2) is 6.36. The first-order valence-electron chi connectivity index (χ1n) is 6.74. The molecule has 0 bridgehead atoms. The van der Waals surface area contributed by atoms with E-state index in [0.717, 1.165) is 5.56 Å². The van der Waals surface area contributed by atoms with Gasteiger partial charge >= 0.3 is 0 Å². The smallest absolute Gasteiger partial charge is 0.123 e. The first-order chi connectivity index (χ1) is 10.7. The molecule has 0 spiro atoms. The zero-order valence-electron chi connectivity index (χ0n) is 11.6. The van der Waals surface area contributed by atoms with E-state index in [2.05, 4.69) is 20.9 Å². The van der Waals surface area contributed by atoms with Gasteiger partial charge in [0.2, 0.25) is 0 Å². The molecule has 0 aliphatic heterocycles. The average Bonchev–Trinajstić information content (AvgIpc) is 2.54. The van der Waals surface area contributed by atoms with Gasteiger partial charge in [-0.3, -0.25) is 0 Å². The third-order valence-corrected chi connectivity index (χ3v) is 3.93. The Morgan fingerprint density at radius 3 is 1.68 bits per heavy atom. The van der Waals surface area contributed by atoms with Crippen LogP contribution in [0.2, 0.25) is 0 Å². The Balaban J connectivity index is 2.14. The molecule has 0 aliphatic rings. The van der Waals surface area contributed by atoms with Crippen molar-refractivity contribution >= 4 is 15.9 Å². The molecule has 0 aliphatic carbocycles. The lowest BCUT2D eigenvalue weighted by molar-refractivity contribution is 0.628. The number of benzene rings is 2. The zero-order chi connectivity index (χ0) is 15.5. The summed E-state index contributed by atoms with van der Waals surface area (Å²) in [5, 5.41) is 0.639. The van der Waals surface area contributed by atoms with Crippen LogP contribution in [0.15, 0.2) is 60.7 Å². The molecule has 4 heteroatoms. The third kappa shape index (κ3) is 3.22. The molecule has 0 saturated carbocycles. The van der Waals surface area contributed by atoms with Crippen molar-refractivity contribution in [3.63, 3.8) is 0 Å². The van der Waals surface area contributed by atoms with Crippen LogP contribution in [0.5, 0.6) is 0 Å². The van der Waals surface area contributed by atoms with Crippen molar-refractivity contribution in [3.05, 3.63) is 77.9 Å². The lowest BCUT2D eigenvalue weighted by Gasteiger charge is -2.08. The Morgan fingerprint density at radius 2 is 1.27 bits per heavy atom. The van der Waals surface area contributed by atoms with Crippen LogP contribution < -0.4 is 0 Å². The normalized spacial score (nSPS) is 10.7. The summed E-state index contributed by atoms with van der Waals surface area (Å²) in [5.74, 6) is -0.619. The molecule has 1 nitrogen and oxygen atoms in total. The first kappa shape index (κ1) is 14.9. The van der Waals surface area contributed by atoms with Gasteiger partial charge in [0.05, 0.1) is 11.4 Å². The van der Waals surface area contributed by atoms with Gasteiger partial charge in [0.15, 0.2) is 0 Å². The van der Waals surface area contributed by atoms with E-state index in [1.165, 1.54) is 24.3 Å². The maximum Gasteiger partial charge on any atom is 0.123 e. The van der Waals surface area contributed by atoms with Crippen LogP contribution in [0.4, 0.5) is 8.78 Å². The monoisotopic (exact) mass is 359 g/mol. The van der Waals surface area contributed by atoms with Crippen LogP contribution in [0, 0.1) is 11.6 Å². The highest BCUT2D eigenvalue weighted by atomic mass is 79.9. The molecule has 0 fully saturated rings. The molecule has 0 atom stereocenters. The van der Waals surface area contributed by atoms with Gasteiger partial charge in [-0.2, -0.15) is 0 Å². The summed E-state index contributed by atoms with van der Waals surface area (Å²) >= 11 is 3.42. The number of rotatable bonds is 3. The largest absolute Gasteiger partial charge is 0.248 e. The molecule has 3 aromatic rings. The van der Waals surface area contributed by atoms with Crippen molar-refractivity contribution in [2.45, 2.75) is 5.33 Å². The van der Waals surface area contributed by atoms with E-state index in [4.69, 9.17) is 0 Å². The van der Waals surface area contributed by atoms with Crippen molar-refractivity contribution in [1.82, 2.24) is 4.98 Å². The fourth-order valence-corrected chi connectivity index (χ4v) is 2.58. The van der Waals surface area contributed by atoms with E-state index < -0.39 is 0 Å². The van der Waals surface area contributed by atoms with E-state index >= 15 is 0 Å². The van der Waals surface area contributed by atoms with Crippen molar-refractivity contribution in [2.24, 2.45) is 0 Å². The quantitative estimate of drug-likeness (QED) is 0.555.